The van der Waals surface area contributed by atoms with E-state index in [9.17, 15) is 9.59 Å². The van der Waals surface area contributed by atoms with Crippen LogP contribution in [0, 0.1) is 18.3 Å². The molecule has 0 aromatic carbocycles. The molecule has 0 aliphatic carbocycles. The predicted molar refractivity (Wildman–Crippen MR) is 56.6 cm³/mol. The van der Waals surface area contributed by atoms with Gasteiger partial charge in [-0.05, 0) is 12.8 Å². The van der Waals surface area contributed by atoms with Gasteiger partial charge in [-0.15, -0.1) is 12.3 Å². The maximum Gasteiger partial charge on any atom is 0.223 e. The van der Waals surface area contributed by atoms with Crippen LogP contribution in [0.15, 0.2) is 0 Å². The number of terminal acetylenes is 1. The monoisotopic (exact) mass is 208 g/mol. The summed E-state index contributed by atoms with van der Waals surface area (Å²) in [5.41, 5.74) is 5.02. The van der Waals surface area contributed by atoms with Crippen LogP contribution >= 0.6 is 0 Å². The second-order valence-electron chi connectivity index (χ2n) is 3.81. The molecule has 0 bridgehead atoms. The highest BCUT2D eigenvalue weighted by atomic mass is 16.2. The van der Waals surface area contributed by atoms with E-state index in [1.54, 1.807) is 4.90 Å². The molecule has 82 valence electrons. The quantitative estimate of drug-likeness (QED) is 0.667. The maximum absolute atomic E-state index is 11.6. The molecule has 0 saturated carbocycles. The smallest absolute Gasteiger partial charge is 0.223 e. The van der Waals surface area contributed by atoms with Crippen molar-refractivity contribution in [2.75, 3.05) is 13.1 Å². The molecule has 4 nitrogen and oxygen atoms in total. The van der Waals surface area contributed by atoms with Crippen molar-refractivity contribution < 1.29 is 9.59 Å². The first-order chi connectivity index (χ1) is 7.13. The zero-order valence-corrected chi connectivity index (χ0v) is 8.74. The lowest BCUT2D eigenvalue weighted by atomic mass is 9.97. The average Bonchev–Trinajstić information content (AvgIpc) is 2.20. The topological polar surface area (TPSA) is 63.4 Å². The third-order valence-corrected chi connectivity index (χ3v) is 2.61. The molecule has 0 aromatic heterocycles. The Bertz CT molecular complexity index is 293. The van der Waals surface area contributed by atoms with Gasteiger partial charge in [0.1, 0.15) is 0 Å². The molecule has 15 heavy (non-hydrogen) atoms. The Labute approximate surface area is 89.8 Å². The summed E-state index contributed by atoms with van der Waals surface area (Å²) in [6.07, 6.45) is 7.54. The number of nitrogens with zero attached hydrogens (tertiary/aromatic N) is 1. The second-order valence-corrected chi connectivity index (χ2v) is 3.81. The van der Waals surface area contributed by atoms with E-state index < -0.39 is 0 Å². The van der Waals surface area contributed by atoms with Crippen molar-refractivity contribution in [1.29, 1.82) is 0 Å². The normalized spacial score (nSPS) is 21.1. The van der Waals surface area contributed by atoms with E-state index >= 15 is 0 Å². The first-order valence-corrected chi connectivity index (χ1v) is 5.15. The molecule has 2 amide bonds. The van der Waals surface area contributed by atoms with Gasteiger partial charge in [0.05, 0.1) is 0 Å². The average molecular weight is 208 g/mol. The van der Waals surface area contributed by atoms with Crippen LogP contribution in [0.2, 0.25) is 0 Å². The Morgan fingerprint density at radius 3 is 2.93 bits per heavy atom. The summed E-state index contributed by atoms with van der Waals surface area (Å²) >= 11 is 0. The van der Waals surface area contributed by atoms with Crippen molar-refractivity contribution in [2.24, 2.45) is 11.7 Å². The van der Waals surface area contributed by atoms with Crippen LogP contribution < -0.4 is 5.73 Å². The number of carbonyl (C=O) groups is 2. The molecule has 1 aliphatic rings. The van der Waals surface area contributed by atoms with Gasteiger partial charge in [-0.3, -0.25) is 9.59 Å². The van der Waals surface area contributed by atoms with Gasteiger partial charge in [-0.2, -0.15) is 0 Å². The number of hydrogen-bond acceptors (Lipinski definition) is 2. The Hall–Kier alpha value is -1.50. The Morgan fingerprint density at radius 2 is 2.40 bits per heavy atom. The Morgan fingerprint density at radius 1 is 1.67 bits per heavy atom. The molecule has 1 rings (SSSR count). The van der Waals surface area contributed by atoms with Crippen molar-refractivity contribution >= 4 is 11.8 Å². The molecule has 1 heterocycles. The predicted octanol–water partition coefficient (Wildman–Crippen LogP) is 0.124. The van der Waals surface area contributed by atoms with Gasteiger partial charge < -0.3 is 10.6 Å². The van der Waals surface area contributed by atoms with Gasteiger partial charge in [-0.1, -0.05) is 0 Å². The summed E-state index contributed by atoms with van der Waals surface area (Å²) in [4.78, 5) is 23.8. The fraction of sp³-hybridized carbons (Fsp3) is 0.636. The number of hydrogen-bond donors (Lipinski definition) is 1. The van der Waals surface area contributed by atoms with E-state index in [4.69, 9.17) is 12.2 Å². The lowest BCUT2D eigenvalue weighted by molar-refractivity contribution is -0.134. The van der Waals surface area contributed by atoms with E-state index in [1.165, 1.54) is 0 Å². The third-order valence-electron chi connectivity index (χ3n) is 2.61. The summed E-state index contributed by atoms with van der Waals surface area (Å²) < 4.78 is 0. The number of likely N-dealkylation sites (tertiary alicyclic amines) is 1. The van der Waals surface area contributed by atoms with E-state index in [-0.39, 0.29) is 17.7 Å². The fourth-order valence-corrected chi connectivity index (χ4v) is 1.70. The molecule has 0 spiro atoms. The van der Waals surface area contributed by atoms with Crippen LogP contribution in [0.1, 0.15) is 25.7 Å². The highest BCUT2D eigenvalue weighted by Crippen LogP contribution is 2.17. The summed E-state index contributed by atoms with van der Waals surface area (Å²) in [6.45, 7) is 1.31. The van der Waals surface area contributed by atoms with Gasteiger partial charge in [0.15, 0.2) is 0 Å². The Kier molecular flexibility index (Phi) is 4.17. The summed E-state index contributed by atoms with van der Waals surface area (Å²) in [7, 11) is 0. The van der Waals surface area contributed by atoms with Crippen molar-refractivity contribution in [3.8, 4) is 12.3 Å². The summed E-state index contributed by atoms with van der Waals surface area (Å²) in [6, 6.07) is 0. The van der Waals surface area contributed by atoms with Crippen LogP contribution in [-0.4, -0.2) is 29.8 Å². The zero-order chi connectivity index (χ0) is 11.3. The fourth-order valence-electron chi connectivity index (χ4n) is 1.70. The molecular formula is C11H16N2O2. The highest BCUT2D eigenvalue weighted by molar-refractivity contribution is 5.78. The van der Waals surface area contributed by atoms with Crippen molar-refractivity contribution in [1.82, 2.24) is 4.90 Å². The molecule has 1 atom stereocenters. The molecule has 0 aromatic rings. The van der Waals surface area contributed by atoms with Crippen LogP contribution in [0.4, 0.5) is 0 Å². The first kappa shape index (κ1) is 11.6. The SMILES string of the molecule is C#CC1CCN(CCCC(N)=O)C(=O)C1. The summed E-state index contributed by atoms with van der Waals surface area (Å²) in [5.74, 6) is 2.47. The van der Waals surface area contributed by atoms with Crippen LogP contribution in [0.25, 0.3) is 0 Å². The second kappa shape index (κ2) is 5.40. The van der Waals surface area contributed by atoms with Crippen LogP contribution in [-0.2, 0) is 9.59 Å². The van der Waals surface area contributed by atoms with Crippen LogP contribution in [0.5, 0.6) is 0 Å². The summed E-state index contributed by atoms with van der Waals surface area (Å²) in [5, 5.41) is 0. The van der Waals surface area contributed by atoms with Gasteiger partial charge in [0.25, 0.3) is 0 Å². The number of carbonyl (C=O) groups excluding carboxylic acids is 2. The van der Waals surface area contributed by atoms with Crippen molar-refractivity contribution in [3.63, 3.8) is 0 Å². The van der Waals surface area contributed by atoms with Crippen molar-refractivity contribution in [2.45, 2.75) is 25.7 Å². The van der Waals surface area contributed by atoms with Crippen molar-refractivity contribution in [3.05, 3.63) is 0 Å². The number of primary amides is 1. The molecule has 4 heteroatoms. The zero-order valence-electron chi connectivity index (χ0n) is 8.74. The maximum atomic E-state index is 11.6. The molecule has 1 unspecified atom stereocenters. The van der Waals surface area contributed by atoms with E-state index in [0.717, 1.165) is 6.42 Å². The number of nitrogens with two attached hydrogens (primary N) is 1. The minimum atomic E-state index is -0.319. The number of amides is 2. The minimum Gasteiger partial charge on any atom is -0.370 e. The number of piperidine rings is 1. The van der Waals surface area contributed by atoms with Gasteiger partial charge in [-0.25, -0.2) is 0 Å². The standard InChI is InChI=1S/C11H16N2O2/c1-2-9-5-7-13(11(15)8-9)6-3-4-10(12)14/h1,9H,3-8H2,(H2,12,14). The van der Waals surface area contributed by atoms with E-state index in [1.807, 2.05) is 0 Å². The molecule has 1 aliphatic heterocycles. The van der Waals surface area contributed by atoms with Gasteiger partial charge >= 0.3 is 0 Å². The lowest BCUT2D eigenvalue weighted by Gasteiger charge is -2.29. The molecular weight excluding hydrogens is 192 g/mol. The van der Waals surface area contributed by atoms with Crippen LogP contribution in [0.3, 0.4) is 0 Å². The molecule has 1 saturated heterocycles. The van der Waals surface area contributed by atoms with E-state index in [2.05, 4.69) is 5.92 Å². The third kappa shape index (κ3) is 3.62. The van der Waals surface area contributed by atoms with Gasteiger partial charge in [0, 0.05) is 31.8 Å². The number of rotatable bonds is 4. The minimum absolute atomic E-state index is 0.0879. The van der Waals surface area contributed by atoms with Gasteiger partial charge in [0.2, 0.25) is 11.8 Å². The first-order valence-electron chi connectivity index (χ1n) is 5.15. The molecule has 2 N–H and O–H groups in total. The molecule has 1 fully saturated rings. The molecule has 0 radical (unpaired) electrons. The van der Waals surface area contributed by atoms with E-state index in [0.29, 0.717) is 32.4 Å². The lowest BCUT2D eigenvalue weighted by Crippen LogP contribution is -2.39. The largest absolute Gasteiger partial charge is 0.370 e. The highest BCUT2D eigenvalue weighted by Gasteiger charge is 2.23. The Balaban J connectivity index is 2.29.